The zero-order valence-corrected chi connectivity index (χ0v) is 21.3. The van der Waals surface area contributed by atoms with Gasteiger partial charge in [-0.05, 0) is 89.7 Å². The number of fused-ring (bicyclic) bond motifs is 3. The third kappa shape index (κ3) is 2.97. The van der Waals surface area contributed by atoms with Crippen LogP contribution in [0.5, 0.6) is 5.75 Å². The number of aliphatic hydroxyl groups is 3. The quantitative estimate of drug-likeness (QED) is 0.233. The molecule has 1 fully saturated rings. The van der Waals surface area contributed by atoms with Gasteiger partial charge in [0.15, 0.2) is 11.4 Å². The molecule has 0 saturated heterocycles. The molecule has 1 aromatic carbocycles. The van der Waals surface area contributed by atoms with Gasteiger partial charge in [0, 0.05) is 15.1 Å². The fraction of sp³-hybridized carbons (Fsp3) is 0.381. The molecule has 0 radical (unpaired) electrons. The van der Waals surface area contributed by atoms with Gasteiger partial charge >= 0.3 is 0 Å². The number of likely N-dealkylation sites (N-methyl/N-ethyl adjacent to an activating group) is 1. The lowest BCUT2D eigenvalue weighted by Gasteiger charge is -2.50. The van der Waals surface area contributed by atoms with Crippen molar-refractivity contribution in [2.24, 2.45) is 17.6 Å². The Hall–Kier alpha value is -1.71. The van der Waals surface area contributed by atoms with E-state index >= 15 is 0 Å². The molecule has 11 heteroatoms. The summed E-state index contributed by atoms with van der Waals surface area (Å²) in [5.74, 6) is -6.42. The van der Waals surface area contributed by atoms with E-state index in [1.54, 1.807) is 20.2 Å². The molecule has 3 aliphatic carbocycles. The van der Waals surface area contributed by atoms with Crippen molar-refractivity contribution in [3.8, 4) is 5.75 Å². The number of aromatic hydroxyl groups is 1. The molecule has 0 aliphatic heterocycles. The zero-order valence-electron chi connectivity index (χ0n) is 17.0. The second kappa shape index (κ2) is 7.67. The van der Waals surface area contributed by atoms with Gasteiger partial charge in [-0.25, -0.2) is 0 Å². The second-order valence-electron chi connectivity index (χ2n) is 8.50. The number of carbonyl (C=O) groups excluding carboxylic acids is 3. The molecule has 9 nitrogen and oxygen atoms in total. The maximum atomic E-state index is 13.6. The number of phenols is 1. The van der Waals surface area contributed by atoms with E-state index in [0.717, 1.165) is 3.57 Å². The molecule has 32 heavy (non-hydrogen) atoms. The SMILES string of the molecule is CN(C)[C@@H]1C(=O)C(C(N)=O)=C(O)[C@@]2(O)C(=O)C3=C(O)c4c(O)c(I)cc(I)c4C[C@H]3C[C@@H]12. The average Bonchev–Trinajstić information content (AvgIpc) is 2.68. The number of Topliss-reactive ketones (excluding diaryl/α,β-unsaturated/α-hetero) is 2. The highest BCUT2D eigenvalue weighted by atomic mass is 127. The van der Waals surface area contributed by atoms with Crippen LogP contribution in [0.2, 0.25) is 0 Å². The summed E-state index contributed by atoms with van der Waals surface area (Å²) in [6, 6.07) is 0.672. The first kappa shape index (κ1) is 23.4. The molecular weight excluding hydrogens is 646 g/mol. The van der Waals surface area contributed by atoms with Crippen molar-refractivity contribution in [3.05, 3.63) is 41.2 Å². The molecular formula is C21H20I2N2O7. The Morgan fingerprint density at radius 2 is 1.81 bits per heavy atom. The van der Waals surface area contributed by atoms with E-state index in [-0.39, 0.29) is 29.7 Å². The minimum absolute atomic E-state index is 0.0780. The molecule has 4 atom stereocenters. The van der Waals surface area contributed by atoms with Crippen LogP contribution >= 0.6 is 45.2 Å². The molecule has 0 heterocycles. The van der Waals surface area contributed by atoms with Crippen LogP contribution in [0.1, 0.15) is 17.5 Å². The van der Waals surface area contributed by atoms with E-state index in [2.05, 4.69) is 22.6 Å². The predicted molar refractivity (Wildman–Crippen MR) is 130 cm³/mol. The fourth-order valence-corrected chi connectivity index (χ4v) is 7.21. The Morgan fingerprint density at radius 1 is 1.19 bits per heavy atom. The van der Waals surface area contributed by atoms with Crippen LogP contribution in [0, 0.1) is 19.0 Å². The molecule has 1 saturated carbocycles. The number of hydrogen-bond acceptors (Lipinski definition) is 8. The maximum Gasteiger partial charge on any atom is 0.255 e. The Balaban J connectivity index is 2.00. The van der Waals surface area contributed by atoms with Gasteiger partial charge in [-0.2, -0.15) is 0 Å². The third-order valence-corrected chi connectivity index (χ3v) is 8.40. The number of phenolic OH excluding ortho intramolecular Hbond substituents is 1. The number of hydrogen-bond donors (Lipinski definition) is 5. The van der Waals surface area contributed by atoms with Crippen molar-refractivity contribution in [2.75, 3.05) is 14.1 Å². The lowest BCUT2D eigenvalue weighted by molar-refractivity contribution is -0.153. The molecule has 0 bridgehead atoms. The molecule has 1 aromatic rings. The van der Waals surface area contributed by atoms with Crippen LogP contribution in [-0.2, 0) is 20.8 Å². The number of rotatable bonds is 2. The number of ketones is 2. The third-order valence-electron chi connectivity index (χ3n) is 6.62. The van der Waals surface area contributed by atoms with Crippen LogP contribution in [0.25, 0.3) is 5.76 Å². The summed E-state index contributed by atoms with van der Waals surface area (Å²) < 4.78 is 1.27. The summed E-state index contributed by atoms with van der Waals surface area (Å²) in [6.07, 6.45) is 0.367. The largest absolute Gasteiger partial charge is 0.508 e. The van der Waals surface area contributed by atoms with Crippen molar-refractivity contribution >= 4 is 68.4 Å². The minimum Gasteiger partial charge on any atom is -0.508 e. The van der Waals surface area contributed by atoms with E-state index in [1.165, 1.54) is 4.90 Å². The Bertz CT molecular complexity index is 1170. The van der Waals surface area contributed by atoms with Gasteiger partial charge in [0.2, 0.25) is 5.78 Å². The fourth-order valence-electron chi connectivity index (χ4n) is 5.24. The molecule has 0 unspecified atom stereocenters. The van der Waals surface area contributed by atoms with Crippen molar-refractivity contribution in [3.63, 3.8) is 0 Å². The molecule has 4 rings (SSSR count). The number of halogens is 2. The molecule has 0 aromatic heterocycles. The Kier molecular flexibility index (Phi) is 5.62. The van der Waals surface area contributed by atoms with Gasteiger partial charge in [0.1, 0.15) is 22.8 Å². The van der Waals surface area contributed by atoms with Gasteiger partial charge < -0.3 is 26.2 Å². The van der Waals surface area contributed by atoms with Gasteiger partial charge in [-0.15, -0.1) is 0 Å². The highest BCUT2D eigenvalue weighted by Crippen LogP contribution is 2.53. The van der Waals surface area contributed by atoms with Crippen LogP contribution < -0.4 is 5.73 Å². The first-order valence-electron chi connectivity index (χ1n) is 9.68. The standard InChI is InChI=1S/C21H20I2N2O7/c1-25(2)14-8-4-6-3-7-9(22)5-10(23)15(26)12(7)16(27)11(6)18(29)21(8,32)19(30)13(17(14)28)20(24)31/h5-6,8,14,26-27,30,32H,3-4H2,1-2H3,(H2,24,31)/t6-,8-,14-,21-/m0/s1. The van der Waals surface area contributed by atoms with E-state index in [1.807, 2.05) is 22.6 Å². The average molecular weight is 666 g/mol. The molecule has 3 aliphatic rings. The number of nitrogens with two attached hydrogens (primary N) is 1. The van der Waals surface area contributed by atoms with E-state index in [4.69, 9.17) is 5.73 Å². The van der Waals surface area contributed by atoms with Crippen LogP contribution in [0.3, 0.4) is 0 Å². The normalized spacial score (nSPS) is 29.8. The molecule has 0 spiro atoms. The van der Waals surface area contributed by atoms with E-state index in [9.17, 15) is 34.8 Å². The summed E-state index contributed by atoms with van der Waals surface area (Å²) in [4.78, 5) is 40.1. The predicted octanol–water partition coefficient (Wildman–Crippen LogP) is 1.17. The number of nitrogens with zero attached hydrogens (tertiary/aromatic N) is 1. The summed E-state index contributed by atoms with van der Waals surface area (Å²) in [5, 5.41) is 43.9. The Labute approximate surface area is 210 Å². The lowest BCUT2D eigenvalue weighted by Crippen LogP contribution is -2.65. The Morgan fingerprint density at radius 3 is 2.38 bits per heavy atom. The smallest absolute Gasteiger partial charge is 0.255 e. The van der Waals surface area contributed by atoms with E-state index in [0.29, 0.717) is 9.13 Å². The van der Waals surface area contributed by atoms with Gasteiger partial charge in [0.25, 0.3) is 5.91 Å². The summed E-state index contributed by atoms with van der Waals surface area (Å²) >= 11 is 4.00. The molecule has 1 amide bonds. The lowest BCUT2D eigenvalue weighted by atomic mass is 9.57. The monoisotopic (exact) mass is 666 g/mol. The van der Waals surface area contributed by atoms with Crippen LogP contribution in [-0.4, -0.2) is 68.5 Å². The highest BCUT2D eigenvalue weighted by Gasteiger charge is 2.64. The summed E-state index contributed by atoms with van der Waals surface area (Å²) in [6.45, 7) is 0. The summed E-state index contributed by atoms with van der Waals surface area (Å²) in [5.41, 5.74) is 2.48. The molecule has 170 valence electrons. The number of primary amides is 1. The van der Waals surface area contributed by atoms with Gasteiger partial charge in [-0.1, -0.05) is 0 Å². The van der Waals surface area contributed by atoms with Crippen LogP contribution in [0.4, 0.5) is 0 Å². The topological polar surface area (TPSA) is 161 Å². The van der Waals surface area contributed by atoms with Crippen molar-refractivity contribution < 1.29 is 34.8 Å². The number of amides is 1. The van der Waals surface area contributed by atoms with Crippen molar-refractivity contribution in [2.45, 2.75) is 24.5 Å². The van der Waals surface area contributed by atoms with E-state index < -0.39 is 58.0 Å². The number of benzene rings is 1. The molecule has 6 N–H and O–H groups in total. The van der Waals surface area contributed by atoms with Crippen molar-refractivity contribution in [1.29, 1.82) is 0 Å². The van der Waals surface area contributed by atoms with Gasteiger partial charge in [-0.3, -0.25) is 19.3 Å². The van der Waals surface area contributed by atoms with Gasteiger partial charge in [0.05, 0.1) is 15.2 Å². The first-order valence-corrected chi connectivity index (χ1v) is 11.8. The second-order valence-corrected chi connectivity index (χ2v) is 10.8. The van der Waals surface area contributed by atoms with Crippen molar-refractivity contribution in [1.82, 2.24) is 4.90 Å². The minimum atomic E-state index is -2.62. The summed E-state index contributed by atoms with van der Waals surface area (Å²) in [7, 11) is 3.13. The first-order chi connectivity index (χ1) is 14.8. The number of aliphatic hydroxyl groups excluding tert-OH is 2. The zero-order chi connectivity index (χ0) is 23.9. The highest BCUT2D eigenvalue weighted by molar-refractivity contribution is 14.1. The maximum absolute atomic E-state index is 13.6. The number of carbonyl (C=O) groups is 3. The van der Waals surface area contributed by atoms with Crippen LogP contribution in [0.15, 0.2) is 23.0 Å².